The van der Waals surface area contributed by atoms with E-state index in [0.717, 1.165) is 70.6 Å². The number of hydrogen-bond acceptors (Lipinski definition) is 5. The number of esters is 1. The van der Waals surface area contributed by atoms with E-state index in [1.165, 1.54) is 193 Å². The monoisotopic (exact) mass is 874 g/mol. The second-order valence-corrected chi connectivity index (χ2v) is 18.9. The Hall–Kier alpha value is -1.66. The third-order valence-electron chi connectivity index (χ3n) is 12.7. The Morgan fingerprint density at radius 3 is 1.21 bits per heavy atom. The van der Waals surface area contributed by atoms with Crippen LogP contribution in [0.1, 0.15) is 296 Å². The van der Waals surface area contributed by atoms with Gasteiger partial charge in [0.15, 0.2) is 0 Å². The van der Waals surface area contributed by atoms with Crippen molar-refractivity contribution in [3.8, 4) is 0 Å². The third kappa shape index (κ3) is 47.8. The minimum atomic E-state index is -0.696. The maximum atomic E-state index is 12.5. The highest BCUT2D eigenvalue weighted by Crippen LogP contribution is 2.17. The fourth-order valence-corrected chi connectivity index (χ4v) is 8.46. The summed E-state index contributed by atoms with van der Waals surface area (Å²) in [6.07, 6.45) is 61.7. The summed E-state index contributed by atoms with van der Waals surface area (Å²) in [6.45, 7) is 4.85. The van der Waals surface area contributed by atoms with Gasteiger partial charge in [-0.15, -0.1) is 0 Å². The van der Waals surface area contributed by atoms with Gasteiger partial charge in [-0.05, 0) is 70.6 Å². The molecule has 0 bridgehead atoms. The molecule has 0 heterocycles. The first kappa shape index (κ1) is 60.3. The molecule has 0 spiro atoms. The maximum absolute atomic E-state index is 12.5. The molecule has 0 aliphatic carbocycles. The highest BCUT2D eigenvalue weighted by atomic mass is 16.5. The number of rotatable bonds is 51. The summed E-state index contributed by atoms with van der Waals surface area (Å²) in [4.78, 5) is 24.5. The van der Waals surface area contributed by atoms with Gasteiger partial charge < -0.3 is 20.3 Å². The van der Waals surface area contributed by atoms with Gasteiger partial charge in [0.05, 0.1) is 25.4 Å². The number of hydrogen-bond donors (Lipinski definition) is 3. The normalized spacial score (nSPS) is 12.8. The van der Waals surface area contributed by atoms with Gasteiger partial charge >= 0.3 is 5.97 Å². The lowest BCUT2D eigenvalue weighted by Crippen LogP contribution is -2.45. The average molecular weight is 874 g/mol. The van der Waals surface area contributed by atoms with Crippen LogP contribution < -0.4 is 5.32 Å². The van der Waals surface area contributed by atoms with Crippen LogP contribution in [0.5, 0.6) is 0 Å². The molecular weight excluding hydrogens is 767 g/mol. The van der Waals surface area contributed by atoms with Crippen molar-refractivity contribution in [3.63, 3.8) is 0 Å². The van der Waals surface area contributed by atoms with Crippen LogP contribution in [0.3, 0.4) is 0 Å². The minimum absolute atomic E-state index is 0.0451. The highest BCUT2D eigenvalue weighted by Gasteiger charge is 2.20. The molecule has 0 aliphatic rings. The number of carbonyl (C=O) groups is 2. The number of carbonyl (C=O) groups excluding carboxylic acids is 2. The van der Waals surface area contributed by atoms with E-state index < -0.39 is 12.1 Å². The molecule has 2 unspecified atom stereocenters. The van der Waals surface area contributed by atoms with Gasteiger partial charge in [-0.25, -0.2) is 0 Å². The fourth-order valence-electron chi connectivity index (χ4n) is 8.46. The van der Waals surface area contributed by atoms with E-state index in [0.29, 0.717) is 25.9 Å². The number of allylic oxidation sites excluding steroid dienone is 4. The summed E-state index contributed by atoms with van der Waals surface area (Å²) in [6, 6.07) is -0.580. The molecule has 0 aliphatic heterocycles. The zero-order valence-corrected chi connectivity index (χ0v) is 41.6. The van der Waals surface area contributed by atoms with Crippen LogP contribution in [0.15, 0.2) is 24.3 Å². The van der Waals surface area contributed by atoms with Crippen molar-refractivity contribution in [2.75, 3.05) is 13.2 Å². The van der Waals surface area contributed by atoms with Crippen LogP contribution >= 0.6 is 0 Å². The van der Waals surface area contributed by atoms with Crippen LogP contribution in [0.2, 0.25) is 0 Å². The number of unbranched alkanes of at least 4 members (excludes halogenated alkanes) is 36. The van der Waals surface area contributed by atoms with Crippen molar-refractivity contribution in [2.45, 2.75) is 309 Å². The molecule has 1 amide bonds. The SMILES string of the molecule is CCCCC/C=C\CCCCCCCC(=O)OCCCCCC/C=C\CCCC(=O)NC(CO)C(O)CCCCCCCCCCCCCCCCCCCCCCCCCC. The molecule has 0 fully saturated rings. The Morgan fingerprint density at radius 2 is 0.774 bits per heavy atom. The summed E-state index contributed by atoms with van der Waals surface area (Å²) in [5.41, 5.74) is 0. The van der Waals surface area contributed by atoms with E-state index >= 15 is 0 Å². The van der Waals surface area contributed by atoms with Gasteiger partial charge in [0.1, 0.15) is 0 Å². The van der Waals surface area contributed by atoms with E-state index in [9.17, 15) is 19.8 Å². The summed E-state index contributed by atoms with van der Waals surface area (Å²) in [5, 5.41) is 23.3. The highest BCUT2D eigenvalue weighted by molar-refractivity contribution is 5.76. The van der Waals surface area contributed by atoms with E-state index in [1.54, 1.807) is 0 Å². The second kappa shape index (κ2) is 52.0. The van der Waals surface area contributed by atoms with Crippen molar-refractivity contribution < 1.29 is 24.5 Å². The van der Waals surface area contributed by atoms with Gasteiger partial charge in [-0.1, -0.05) is 237 Å². The molecule has 0 saturated carbocycles. The first-order valence-electron chi connectivity index (χ1n) is 27.6. The molecule has 6 heteroatoms. The Morgan fingerprint density at radius 1 is 0.435 bits per heavy atom. The molecule has 0 aromatic rings. The Kier molecular flexibility index (Phi) is 50.6. The van der Waals surface area contributed by atoms with E-state index in [-0.39, 0.29) is 18.5 Å². The van der Waals surface area contributed by atoms with Crippen LogP contribution in [0.4, 0.5) is 0 Å². The Bertz CT molecular complexity index is 966. The average Bonchev–Trinajstić information content (AvgIpc) is 3.27. The zero-order chi connectivity index (χ0) is 45.1. The summed E-state index contributed by atoms with van der Waals surface area (Å²) in [7, 11) is 0. The van der Waals surface area contributed by atoms with Crippen molar-refractivity contribution in [1.82, 2.24) is 5.32 Å². The Labute approximate surface area is 386 Å². The molecular formula is C56H107NO5. The van der Waals surface area contributed by atoms with Crippen LogP contribution in [-0.2, 0) is 14.3 Å². The number of amides is 1. The molecule has 6 nitrogen and oxygen atoms in total. The summed E-state index contributed by atoms with van der Waals surface area (Å²) in [5.74, 6) is -0.139. The van der Waals surface area contributed by atoms with Gasteiger partial charge in [-0.3, -0.25) is 9.59 Å². The number of nitrogens with one attached hydrogen (secondary N) is 1. The molecule has 62 heavy (non-hydrogen) atoms. The van der Waals surface area contributed by atoms with Crippen LogP contribution in [0.25, 0.3) is 0 Å². The smallest absolute Gasteiger partial charge is 0.305 e. The third-order valence-corrected chi connectivity index (χ3v) is 12.7. The van der Waals surface area contributed by atoms with Crippen LogP contribution in [-0.4, -0.2) is 47.4 Å². The standard InChI is InChI=1S/C56H107NO5/c1-3-5-7-9-11-13-15-17-18-19-20-21-22-23-24-25-26-27-28-29-32-36-40-44-48-54(59)53(52-58)57-55(60)49-45-41-37-33-31-35-39-43-47-51-62-56(61)50-46-42-38-34-30-16-14-12-10-8-6-4-2/h12,14,33,37,53-54,58-59H,3-11,13,15-32,34-36,38-52H2,1-2H3,(H,57,60)/b14-12-,37-33-. The molecule has 366 valence electrons. The molecule has 2 atom stereocenters. The molecule has 0 rings (SSSR count). The van der Waals surface area contributed by atoms with Crippen molar-refractivity contribution >= 4 is 11.9 Å². The van der Waals surface area contributed by atoms with Crippen molar-refractivity contribution in [2.24, 2.45) is 0 Å². The van der Waals surface area contributed by atoms with E-state index in [4.69, 9.17) is 4.74 Å². The minimum Gasteiger partial charge on any atom is -0.466 e. The first-order valence-corrected chi connectivity index (χ1v) is 27.6. The van der Waals surface area contributed by atoms with Gasteiger partial charge in [-0.2, -0.15) is 0 Å². The lowest BCUT2D eigenvalue weighted by Gasteiger charge is -2.22. The molecule has 3 N–H and O–H groups in total. The molecule has 0 aromatic carbocycles. The Balaban J connectivity index is 3.52. The maximum Gasteiger partial charge on any atom is 0.305 e. The first-order chi connectivity index (χ1) is 30.5. The zero-order valence-electron chi connectivity index (χ0n) is 41.6. The second-order valence-electron chi connectivity index (χ2n) is 18.9. The quantitative estimate of drug-likeness (QED) is 0.0321. The lowest BCUT2D eigenvalue weighted by molar-refractivity contribution is -0.143. The predicted octanol–water partition coefficient (Wildman–Crippen LogP) is 16.7. The van der Waals surface area contributed by atoms with E-state index in [2.05, 4.69) is 43.5 Å². The lowest BCUT2D eigenvalue weighted by atomic mass is 10.0. The predicted molar refractivity (Wildman–Crippen MR) is 269 cm³/mol. The van der Waals surface area contributed by atoms with Crippen molar-refractivity contribution in [1.29, 1.82) is 0 Å². The van der Waals surface area contributed by atoms with E-state index in [1.807, 2.05) is 0 Å². The molecule has 0 aromatic heterocycles. The van der Waals surface area contributed by atoms with Gasteiger partial charge in [0, 0.05) is 12.8 Å². The topological polar surface area (TPSA) is 95.9 Å². The summed E-state index contributed by atoms with van der Waals surface area (Å²) < 4.78 is 5.42. The van der Waals surface area contributed by atoms with Crippen LogP contribution in [0, 0.1) is 0 Å². The summed E-state index contributed by atoms with van der Waals surface area (Å²) >= 11 is 0. The van der Waals surface area contributed by atoms with Crippen molar-refractivity contribution in [3.05, 3.63) is 24.3 Å². The molecule has 0 saturated heterocycles. The largest absolute Gasteiger partial charge is 0.466 e. The van der Waals surface area contributed by atoms with Gasteiger partial charge in [0.2, 0.25) is 5.91 Å². The number of aliphatic hydroxyl groups excluding tert-OH is 2. The fraction of sp³-hybridized carbons (Fsp3) is 0.893. The van der Waals surface area contributed by atoms with Gasteiger partial charge in [0.25, 0.3) is 0 Å². The number of ether oxygens (including phenoxy) is 1. The molecule has 0 radical (unpaired) electrons. The number of aliphatic hydroxyl groups is 2.